The predicted molar refractivity (Wildman–Crippen MR) is 248 cm³/mol. The fraction of sp³-hybridized carbons (Fsp3) is 0.327. The van der Waals surface area contributed by atoms with Gasteiger partial charge in [0.25, 0.3) is 0 Å². The molecule has 3 atom stereocenters. The average molecular weight is 953 g/mol. The van der Waals surface area contributed by atoms with Crippen LogP contribution < -0.4 is 18.9 Å². The first-order valence-electron chi connectivity index (χ1n) is 21.5. The number of benzene rings is 5. The summed E-state index contributed by atoms with van der Waals surface area (Å²) in [5.41, 5.74) is -3.34. The van der Waals surface area contributed by atoms with Crippen molar-refractivity contribution in [2.45, 2.75) is 44.2 Å². The minimum absolute atomic E-state index is 0.169. The van der Waals surface area contributed by atoms with Gasteiger partial charge in [-0.3, -0.25) is 0 Å². The number of aliphatic hydroxyl groups is 1. The lowest BCUT2D eigenvalue weighted by atomic mass is 10.1. The van der Waals surface area contributed by atoms with E-state index in [1.165, 1.54) is 110 Å². The van der Waals surface area contributed by atoms with Crippen LogP contribution in [0.2, 0.25) is 0 Å². The molecular formula is C52H56O17. The van der Waals surface area contributed by atoms with Gasteiger partial charge in [0.05, 0.1) is 89.3 Å². The van der Waals surface area contributed by atoms with Crippen molar-refractivity contribution in [3.63, 3.8) is 0 Å². The largest absolute Gasteiger partial charge is 0.497 e. The number of esters is 5. The number of hydrogen-bond acceptors (Lipinski definition) is 17. The van der Waals surface area contributed by atoms with Crippen LogP contribution in [0.3, 0.4) is 0 Å². The van der Waals surface area contributed by atoms with E-state index in [2.05, 4.69) is 0 Å². The zero-order valence-corrected chi connectivity index (χ0v) is 39.5. The van der Waals surface area contributed by atoms with E-state index in [1.807, 2.05) is 0 Å². The second kappa shape index (κ2) is 24.5. The van der Waals surface area contributed by atoms with Crippen LogP contribution in [0.25, 0.3) is 0 Å². The second-order valence-corrected chi connectivity index (χ2v) is 16.4. The summed E-state index contributed by atoms with van der Waals surface area (Å²) in [6.07, 6.45) is 0. The summed E-state index contributed by atoms with van der Waals surface area (Å²) in [5.74, 6) is -1.67. The number of rotatable bonds is 25. The Labute approximate surface area is 400 Å². The average Bonchev–Trinajstić information content (AvgIpc) is 3.37. The number of methoxy groups -OCH3 is 4. The monoisotopic (exact) mass is 952 g/mol. The molecule has 0 radical (unpaired) electrons. The van der Waals surface area contributed by atoms with Gasteiger partial charge in [-0.15, -0.1) is 0 Å². The van der Waals surface area contributed by atoms with Crippen molar-refractivity contribution < 1.29 is 81.2 Å². The number of ether oxygens (including phenoxy) is 11. The molecule has 0 saturated carbocycles. The van der Waals surface area contributed by atoms with Crippen molar-refractivity contribution in [1.82, 2.24) is 0 Å². The molecule has 0 aliphatic heterocycles. The van der Waals surface area contributed by atoms with Gasteiger partial charge in [-0.05, 0) is 136 Å². The molecule has 1 N–H and O–H groups in total. The third-order valence-corrected chi connectivity index (χ3v) is 10.3. The Morgan fingerprint density at radius 2 is 0.594 bits per heavy atom. The van der Waals surface area contributed by atoms with Crippen molar-refractivity contribution in [3.8, 4) is 23.0 Å². The topological polar surface area (TPSA) is 207 Å². The Balaban J connectivity index is 1.37. The quantitative estimate of drug-likeness (QED) is 0.0457. The maximum absolute atomic E-state index is 13.7. The minimum Gasteiger partial charge on any atom is -0.497 e. The molecule has 3 unspecified atom stereocenters. The van der Waals surface area contributed by atoms with E-state index in [1.54, 1.807) is 60.7 Å². The standard InChI is InChI=1S/C52H56O17/c1-50(67-47(56)38-14-22-42(60-5)23-15-38,29-63-31-51(2,68-48(57)39-16-24-43(61-6)25-17-39)33-65-45(54)36-10-8-35(28-53)9-11-36)30-64-32-52(3,69-49(58)40-18-26-44(62-7)27-19-40)34-66-46(55)37-12-20-41(59-4)21-13-37/h8-27,53H,28-34H2,1-7H3. The molecule has 0 amide bonds. The van der Waals surface area contributed by atoms with Crippen LogP contribution in [0.1, 0.15) is 78.1 Å². The second-order valence-electron chi connectivity index (χ2n) is 16.4. The molecular weight excluding hydrogens is 897 g/mol. The zero-order chi connectivity index (χ0) is 50.0. The summed E-state index contributed by atoms with van der Waals surface area (Å²) in [7, 11) is 5.95. The van der Waals surface area contributed by atoms with Gasteiger partial charge < -0.3 is 57.2 Å². The lowest BCUT2D eigenvalue weighted by Gasteiger charge is -2.34. The molecule has 0 spiro atoms. The molecule has 0 heterocycles. The lowest BCUT2D eigenvalue weighted by Crippen LogP contribution is -2.48. The van der Waals surface area contributed by atoms with E-state index < -0.39 is 59.9 Å². The van der Waals surface area contributed by atoms with Gasteiger partial charge in [0, 0.05) is 0 Å². The molecule has 0 aliphatic carbocycles. The minimum atomic E-state index is -1.62. The fourth-order valence-electron chi connectivity index (χ4n) is 6.37. The van der Waals surface area contributed by atoms with Crippen molar-refractivity contribution in [2.75, 3.05) is 68.1 Å². The highest BCUT2D eigenvalue weighted by molar-refractivity contribution is 5.92. The van der Waals surface area contributed by atoms with Crippen LogP contribution in [0.4, 0.5) is 0 Å². The molecule has 5 rings (SSSR count). The summed E-state index contributed by atoms with van der Waals surface area (Å²) in [4.78, 5) is 67.1. The van der Waals surface area contributed by atoms with Gasteiger partial charge in [0.2, 0.25) is 0 Å². The zero-order valence-electron chi connectivity index (χ0n) is 39.5. The van der Waals surface area contributed by atoms with Crippen molar-refractivity contribution >= 4 is 29.8 Å². The molecule has 0 bridgehead atoms. The smallest absolute Gasteiger partial charge is 0.338 e. The van der Waals surface area contributed by atoms with E-state index in [-0.39, 0.29) is 60.9 Å². The summed E-state index contributed by atoms with van der Waals surface area (Å²) in [6.45, 7) is 1.88. The van der Waals surface area contributed by atoms with Gasteiger partial charge in [0.15, 0.2) is 16.8 Å². The van der Waals surface area contributed by atoms with Gasteiger partial charge in [-0.25, -0.2) is 24.0 Å². The highest BCUT2D eigenvalue weighted by Crippen LogP contribution is 2.25. The third kappa shape index (κ3) is 15.5. The van der Waals surface area contributed by atoms with Crippen LogP contribution in [0, 0.1) is 0 Å². The van der Waals surface area contributed by atoms with E-state index in [4.69, 9.17) is 52.1 Å². The van der Waals surface area contributed by atoms with Crippen LogP contribution in [0.5, 0.6) is 23.0 Å². The molecule has 5 aromatic rings. The van der Waals surface area contributed by atoms with Crippen LogP contribution in [0.15, 0.2) is 121 Å². The van der Waals surface area contributed by atoms with Crippen molar-refractivity contribution in [1.29, 1.82) is 0 Å². The first-order valence-corrected chi connectivity index (χ1v) is 21.5. The first-order chi connectivity index (χ1) is 33.0. The van der Waals surface area contributed by atoms with Gasteiger partial charge in [-0.1, -0.05) is 12.1 Å². The SMILES string of the molecule is COc1ccc(C(=O)OCC(C)(COCC(C)(COCC(C)(COC(=O)c2ccc(CO)cc2)OC(=O)c2ccc(OC)cc2)OC(=O)c2ccc(OC)cc2)OC(=O)c2ccc(OC)cc2)cc1. The Kier molecular flexibility index (Phi) is 18.7. The van der Waals surface area contributed by atoms with Gasteiger partial charge in [0.1, 0.15) is 36.2 Å². The van der Waals surface area contributed by atoms with Gasteiger partial charge >= 0.3 is 29.8 Å². The molecule has 17 heteroatoms. The number of aliphatic hydroxyl groups excluding tert-OH is 1. The van der Waals surface area contributed by atoms with Crippen LogP contribution in [-0.2, 0) is 39.8 Å². The van der Waals surface area contributed by atoms with Crippen LogP contribution in [-0.4, -0.2) is 120 Å². The van der Waals surface area contributed by atoms with E-state index in [0.717, 1.165) is 0 Å². The number of carbonyl (C=O) groups excluding carboxylic acids is 5. The molecule has 0 saturated heterocycles. The maximum atomic E-state index is 13.7. The van der Waals surface area contributed by atoms with E-state index in [0.29, 0.717) is 28.6 Å². The van der Waals surface area contributed by atoms with Crippen molar-refractivity contribution in [3.05, 3.63) is 155 Å². The third-order valence-electron chi connectivity index (χ3n) is 10.3. The predicted octanol–water partition coefficient (Wildman–Crippen LogP) is 7.11. The molecule has 0 aliphatic rings. The Morgan fingerprint density at radius 3 is 0.841 bits per heavy atom. The highest BCUT2D eigenvalue weighted by atomic mass is 16.6. The molecule has 0 fully saturated rings. The van der Waals surface area contributed by atoms with E-state index in [9.17, 15) is 29.1 Å². The molecule has 366 valence electrons. The Morgan fingerprint density at radius 1 is 0.362 bits per heavy atom. The summed E-state index contributed by atoms with van der Waals surface area (Å²) in [6, 6.07) is 30.9. The maximum Gasteiger partial charge on any atom is 0.338 e. The van der Waals surface area contributed by atoms with Crippen molar-refractivity contribution in [2.24, 2.45) is 0 Å². The van der Waals surface area contributed by atoms with Gasteiger partial charge in [-0.2, -0.15) is 0 Å². The Hall–Kier alpha value is -7.47. The number of hydrogen-bond donors (Lipinski definition) is 1. The summed E-state index contributed by atoms with van der Waals surface area (Å²) in [5, 5.41) is 9.44. The molecule has 5 aromatic carbocycles. The lowest BCUT2D eigenvalue weighted by molar-refractivity contribution is -0.143. The fourth-order valence-corrected chi connectivity index (χ4v) is 6.37. The summed E-state index contributed by atoms with van der Waals surface area (Å²) >= 11 is 0. The highest BCUT2D eigenvalue weighted by Gasteiger charge is 2.38. The Bertz CT molecular complexity index is 2330. The number of carbonyl (C=O) groups is 5. The molecule has 0 aromatic heterocycles. The first kappa shape index (κ1) is 52.5. The molecule has 17 nitrogen and oxygen atoms in total. The normalized spacial score (nSPS) is 13.5. The molecule has 69 heavy (non-hydrogen) atoms. The van der Waals surface area contributed by atoms with Crippen LogP contribution >= 0.6 is 0 Å². The summed E-state index contributed by atoms with van der Waals surface area (Å²) < 4.78 is 62.4. The van der Waals surface area contributed by atoms with E-state index >= 15 is 0 Å².